The third kappa shape index (κ3) is 2.39. The van der Waals surface area contributed by atoms with Gasteiger partial charge in [0, 0.05) is 12.1 Å². The van der Waals surface area contributed by atoms with Crippen LogP contribution in [0.2, 0.25) is 0 Å². The van der Waals surface area contributed by atoms with Crippen molar-refractivity contribution >= 4 is 5.78 Å². The van der Waals surface area contributed by atoms with Gasteiger partial charge in [-0.25, -0.2) is 0 Å². The minimum atomic E-state index is -4.44. The summed E-state index contributed by atoms with van der Waals surface area (Å²) < 4.78 is 38.0. The van der Waals surface area contributed by atoms with Crippen molar-refractivity contribution in [2.24, 2.45) is 0 Å². The lowest BCUT2D eigenvalue weighted by Gasteiger charge is -2.03. The molecule has 1 unspecified atom stereocenters. The molecule has 0 amide bonds. The summed E-state index contributed by atoms with van der Waals surface area (Å²) in [5.74, 6) is -0.550. The highest BCUT2D eigenvalue weighted by molar-refractivity contribution is 6.02. The number of β-amino-alcohol motifs (C(OH)–C–C–N with tert-alkyl or cyclic N) is 1. The molecule has 1 aliphatic rings. The summed E-state index contributed by atoms with van der Waals surface area (Å²) in [4.78, 5) is 12.9. The highest BCUT2D eigenvalue weighted by atomic mass is 19.4. The second-order valence-electron chi connectivity index (χ2n) is 4.12. The van der Waals surface area contributed by atoms with Crippen LogP contribution in [-0.2, 0) is 0 Å². The van der Waals surface area contributed by atoms with Crippen LogP contribution in [0.4, 0.5) is 13.2 Å². The van der Waals surface area contributed by atoms with E-state index in [1.165, 1.54) is 12.1 Å². The van der Waals surface area contributed by atoms with E-state index in [2.05, 4.69) is 0 Å². The molecule has 0 spiro atoms. The molecule has 1 saturated heterocycles. The number of alkyl halides is 3. The van der Waals surface area contributed by atoms with Gasteiger partial charge in [-0.15, -0.1) is 0 Å². The number of aliphatic hydroxyl groups excluding tert-OH is 1. The SMILES string of the molecule is O=C(c1ccccc1)[C@H]1[C@H](C(F)(F)F)N1CCO. The highest BCUT2D eigenvalue weighted by Crippen LogP contribution is 2.42. The van der Waals surface area contributed by atoms with E-state index < -0.39 is 30.7 Å². The molecule has 0 aromatic heterocycles. The Morgan fingerprint density at radius 2 is 1.89 bits per heavy atom. The number of carbonyl (C=O) groups excluding carboxylic acids is 1. The molecule has 1 aromatic rings. The summed E-state index contributed by atoms with van der Waals surface area (Å²) in [6, 6.07) is 4.92. The van der Waals surface area contributed by atoms with Gasteiger partial charge in [-0.05, 0) is 0 Å². The van der Waals surface area contributed by atoms with Crippen molar-refractivity contribution in [3.05, 3.63) is 35.9 Å². The maximum absolute atomic E-state index is 12.7. The Morgan fingerprint density at radius 3 is 2.39 bits per heavy atom. The number of carbonyl (C=O) groups is 1. The van der Waals surface area contributed by atoms with E-state index in [1.807, 2.05) is 0 Å². The third-order valence-electron chi connectivity index (χ3n) is 2.94. The summed E-state index contributed by atoms with van der Waals surface area (Å²) in [6.45, 7) is -0.543. The first kappa shape index (κ1) is 13.0. The van der Waals surface area contributed by atoms with E-state index >= 15 is 0 Å². The van der Waals surface area contributed by atoms with E-state index in [-0.39, 0.29) is 12.1 Å². The summed E-state index contributed by atoms with van der Waals surface area (Å²) in [7, 11) is 0. The third-order valence-corrected chi connectivity index (χ3v) is 2.94. The lowest BCUT2D eigenvalue weighted by atomic mass is 10.1. The molecule has 0 bridgehead atoms. The first-order valence-corrected chi connectivity index (χ1v) is 5.49. The maximum atomic E-state index is 12.7. The van der Waals surface area contributed by atoms with Crippen molar-refractivity contribution in [2.75, 3.05) is 13.2 Å². The predicted molar refractivity (Wildman–Crippen MR) is 58.2 cm³/mol. The van der Waals surface area contributed by atoms with Gasteiger partial charge in [-0.2, -0.15) is 13.2 Å². The van der Waals surface area contributed by atoms with Gasteiger partial charge in [0.05, 0.1) is 12.6 Å². The Morgan fingerprint density at radius 1 is 1.28 bits per heavy atom. The Hall–Kier alpha value is -1.40. The maximum Gasteiger partial charge on any atom is 0.406 e. The number of rotatable bonds is 4. The van der Waals surface area contributed by atoms with Gasteiger partial charge in [-0.3, -0.25) is 9.69 Å². The summed E-state index contributed by atoms with van der Waals surface area (Å²) >= 11 is 0. The topological polar surface area (TPSA) is 40.3 Å². The van der Waals surface area contributed by atoms with Gasteiger partial charge in [0.25, 0.3) is 0 Å². The van der Waals surface area contributed by atoms with E-state index in [4.69, 9.17) is 5.11 Å². The number of aliphatic hydroxyl groups is 1. The molecule has 0 radical (unpaired) electrons. The van der Waals surface area contributed by atoms with Gasteiger partial charge in [0.2, 0.25) is 0 Å². The summed E-state index contributed by atoms with van der Waals surface area (Å²) in [5.41, 5.74) is 0.261. The number of Topliss-reactive ketones (excluding diaryl/α,β-unsaturated/α-hetero) is 1. The molecule has 3 nitrogen and oxygen atoms in total. The summed E-state index contributed by atoms with van der Waals surface area (Å²) in [5, 5.41) is 8.71. The lowest BCUT2D eigenvalue weighted by Crippen LogP contribution is -2.23. The second-order valence-corrected chi connectivity index (χ2v) is 4.12. The van der Waals surface area contributed by atoms with Gasteiger partial charge in [0.15, 0.2) is 5.78 Å². The molecule has 1 aliphatic heterocycles. The molecule has 0 saturated carbocycles. The molecule has 6 heteroatoms. The van der Waals surface area contributed by atoms with Gasteiger partial charge in [0.1, 0.15) is 6.04 Å². The molecule has 1 aromatic carbocycles. The van der Waals surface area contributed by atoms with Crippen molar-refractivity contribution in [3.63, 3.8) is 0 Å². The Kier molecular flexibility index (Phi) is 3.41. The van der Waals surface area contributed by atoms with Gasteiger partial charge in [-0.1, -0.05) is 30.3 Å². The molecule has 98 valence electrons. The fourth-order valence-electron chi connectivity index (χ4n) is 2.10. The van der Waals surface area contributed by atoms with Crippen molar-refractivity contribution in [2.45, 2.75) is 18.3 Å². The number of halogens is 3. The zero-order valence-corrected chi connectivity index (χ0v) is 9.39. The van der Waals surface area contributed by atoms with Crippen LogP contribution in [0, 0.1) is 0 Å². The minimum absolute atomic E-state index is 0.145. The Bertz CT molecular complexity index is 433. The first-order chi connectivity index (χ1) is 8.46. The van der Waals surface area contributed by atoms with Gasteiger partial charge < -0.3 is 5.11 Å². The highest BCUT2D eigenvalue weighted by Gasteiger charge is 2.65. The molecule has 3 atom stereocenters. The Labute approximate surface area is 102 Å². The number of ketones is 1. The summed E-state index contributed by atoms with van der Waals surface area (Å²) in [6.07, 6.45) is -4.44. The van der Waals surface area contributed by atoms with Crippen molar-refractivity contribution < 1.29 is 23.1 Å². The standard InChI is InChI=1S/C12H12F3NO2/c13-12(14,15)11-9(16(11)6-7-17)10(18)8-4-2-1-3-5-8/h1-5,9,11,17H,6-7H2/t9-,11+,16?/m0/s1. The molecular weight excluding hydrogens is 247 g/mol. The quantitative estimate of drug-likeness (QED) is 0.657. The zero-order chi connectivity index (χ0) is 13.3. The first-order valence-electron chi connectivity index (χ1n) is 5.49. The molecular formula is C12H12F3NO2. The largest absolute Gasteiger partial charge is 0.406 e. The van der Waals surface area contributed by atoms with E-state index in [0.29, 0.717) is 0 Å². The van der Waals surface area contributed by atoms with Crippen LogP contribution in [0.15, 0.2) is 30.3 Å². The molecule has 1 N–H and O–H groups in total. The van der Waals surface area contributed by atoms with Crippen LogP contribution in [0.25, 0.3) is 0 Å². The molecule has 0 aliphatic carbocycles. The van der Waals surface area contributed by atoms with Crippen molar-refractivity contribution in [1.82, 2.24) is 4.90 Å². The van der Waals surface area contributed by atoms with E-state index in [9.17, 15) is 18.0 Å². The number of nitrogens with zero attached hydrogens (tertiary/aromatic N) is 1. The van der Waals surface area contributed by atoms with Crippen LogP contribution in [0.3, 0.4) is 0 Å². The van der Waals surface area contributed by atoms with Crippen molar-refractivity contribution in [1.29, 1.82) is 0 Å². The van der Waals surface area contributed by atoms with Crippen LogP contribution < -0.4 is 0 Å². The minimum Gasteiger partial charge on any atom is -0.395 e. The molecule has 1 heterocycles. The Balaban J connectivity index is 2.16. The van der Waals surface area contributed by atoms with Crippen LogP contribution in [-0.4, -0.2) is 47.2 Å². The molecule has 1 fully saturated rings. The predicted octanol–water partition coefficient (Wildman–Crippen LogP) is 1.48. The molecule has 18 heavy (non-hydrogen) atoms. The van der Waals surface area contributed by atoms with Gasteiger partial charge >= 0.3 is 6.18 Å². The van der Waals surface area contributed by atoms with E-state index in [0.717, 1.165) is 4.90 Å². The number of hydrogen-bond donors (Lipinski definition) is 1. The van der Waals surface area contributed by atoms with Crippen molar-refractivity contribution in [3.8, 4) is 0 Å². The average molecular weight is 259 g/mol. The second kappa shape index (κ2) is 4.70. The lowest BCUT2D eigenvalue weighted by molar-refractivity contribution is -0.137. The molecule has 2 rings (SSSR count). The fraction of sp³-hybridized carbons (Fsp3) is 0.417. The normalized spacial score (nSPS) is 27.0. The zero-order valence-electron chi connectivity index (χ0n) is 9.39. The van der Waals surface area contributed by atoms with Crippen LogP contribution >= 0.6 is 0 Å². The number of hydrogen-bond acceptors (Lipinski definition) is 3. The average Bonchev–Trinajstić information content (AvgIpc) is 3.04. The smallest absolute Gasteiger partial charge is 0.395 e. The monoisotopic (exact) mass is 259 g/mol. The van der Waals surface area contributed by atoms with Crippen LogP contribution in [0.1, 0.15) is 10.4 Å². The van der Waals surface area contributed by atoms with E-state index in [1.54, 1.807) is 18.2 Å². The van der Waals surface area contributed by atoms with Crippen LogP contribution in [0.5, 0.6) is 0 Å². The number of benzene rings is 1. The fourth-order valence-corrected chi connectivity index (χ4v) is 2.10.